The Labute approximate surface area is 222 Å². The Bertz CT molecular complexity index is 493. The molecule has 0 aliphatic heterocycles. The summed E-state index contributed by atoms with van der Waals surface area (Å²) in [7, 11) is -0.779. The third-order valence-electron chi connectivity index (χ3n) is 7.48. The monoisotopic (exact) mass is 514 g/mol. The van der Waals surface area contributed by atoms with E-state index < -0.39 is 9.76 Å². The van der Waals surface area contributed by atoms with Crippen molar-refractivity contribution in [2.75, 3.05) is 13.2 Å². The van der Waals surface area contributed by atoms with Gasteiger partial charge in [-0.25, -0.2) is 0 Å². The summed E-state index contributed by atoms with van der Waals surface area (Å²) >= 11 is 0. The van der Waals surface area contributed by atoms with Gasteiger partial charge in [-0.2, -0.15) is 0 Å². The molecule has 0 aromatic carbocycles. The quantitative estimate of drug-likeness (QED) is 0.0737. The maximum atomic E-state index is 11.7. The molecule has 0 rings (SSSR count). The molecule has 0 amide bonds. The van der Waals surface area contributed by atoms with Gasteiger partial charge >= 0.3 is 5.97 Å². The van der Waals surface area contributed by atoms with Gasteiger partial charge in [0.1, 0.15) is 6.10 Å². The smallest absolute Gasteiger partial charge is 0.303 e. The van der Waals surface area contributed by atoms with E-state index in [4.69, 9.17) is 13.9 Å². The van der Waals surface area contributed by atoms with Crippen LogP contribution in [0.1, 0.15) is 145 Å². The first-order chi connectivity index (χ1) is 16.6. The molecule has 0 spiro atoms. The Morgan fingerprint density at radius 2 is 1.23 bits per heavy atom. The molecule has 5 heteroatoms. The minimum atomic E-state index is -0.779. The number of carbonyl (C=O) groups excluding carboxylic acids is 1. The van der Waals surface area contributed by atoms with Gasteiger partial charge in [-0.05, 0) is 23.3 Å². The summed E-state index contributed by atoms with van der Waals surface area (Å²) in [6.07, 6.45) is 18.6. The number of esters is 1. The van der Waals surface area contributed by atoms with Crippen LogP contribution >= 0.6 is 0 Å². The van der Waals surface area contributed by atoms with Gasteiger partial charge in [-0.3, -0.25) is 4.79 Å². The molecular formula is C30H62O4Si. The van der Waals surface area contributed by atoms with Crippen LogP contribution in [0.15, 0.2) is 0 Å². The fourth-order valence-electron chi connectivity index (χ4n) is 4.21. The van der Waals surface area contributed by atoms with E-state index in [1.807, 2.05) is 0 Å². The van der Waals surface area contributed by atoms with E-state index >= 15 is 0 Å². The lowest BCUT2D eigenvalue weighted by Gasteiger charge is -2.35. The predicted molar refractivity (Wildman–Crippen MR) is 154 cm³/mol. The standard InChI is InChI=1S/C30H62O4Si/c1-9-10-11-12-13-14-15-16-17-18-19-20-21-22-23-32-24-28(33-27(6)31)29(25(2)3)34-35-30(7,8)26(4)5/h25-26,28-29H,9-24,35H2,1-8H3. The lowest BCUT2D eigenvalue weighted by atomic mass is 9.99. The molecule has 0 heterocycles. The Morgan fingerprint density at radius 3 is 1.63 bits per heavy atom. The Kier molecular flexibility index (Phi) is 21.4. The molecule has 210 valence electrons. The van der Waals surface area contributed by atoms with E-state index in [1.54, 1.807) is 0 Å². The molecule has 0 N–H and O–H groups in total. The Hall–Kier alpha value is -0.393. The zero-order valence-corrected chi connectivity index (χ0v) is 26.4. The van der Waals surface area contributed by atoms with Gasteiger partial charge in [0, 0.05) is 13.5 Å². The number of unbranched alkanes of at least 4 members (excludes halogenated alkanes) is 13. The van der Waals surface area contributed by atoms with Crippen molar-refractivity contribution < 1.29 is 18.7 Å². The number of hydrogen-bond donors (Lipinski definition) is 0. The highest BCUT2D eigenvalue weighted by Crippen LogP contribution is 2.34. The van der Waals surface area contributed by atoms with Crippen LogP contribution in [0, 0.1) is 11.8 Å². The van der Waals surface area contributed by atoms with E-state index in [0.29, 0.717) is 12.5 Å². The molecule has 0 aliphatic rings. The van der Waals surface area contributed by atoms with E-state index in [2.05, 4.69) is 48.5 Å². The van der Waals surface area contributed by atoms with Crippen LogP contribution in [0.2, 0.25) is 5.04 Å². The highest BCUT2D eigenvalue weighted by Gasteiger charge is 2.32. The van der Waals surface area contributed by atoms with Gasteiger partial charge in [-0.15, -0.1) is 0 Å². The van der Waals surface area contributed by atoms with E-state index in [1.165, 1.54) is 90.4 Å². The molecule has 0 fully saturated rings. The van der Waals surface area contributed by atoms with Gasteiger partial charge in [0.2, 0.25) is 0 Å². The van der Waals surface area contributed by atoms with Crippen LogP contribution in [0.3, 0.4) is 0 Å². The van der Waals surface area contributed by atoms with E-state index in [9.17, 15) is 4.79 Å². The number of carbonyl (C=O) groups is 1. The Balaban J connectivity index is 4.02. The summed E-state index contributed by atoms with van der Waals surface area (Å²) < 4.78 is 18.1. The van der Waals surface area contributed by atoms with Crippen LogP contribution in [0.4, 0.5) is 0 Å². The summed E-state index contributed by atoms with van der Waals surface area (Å²) in [5.74, 6) is 0.597. The van der Waals surface area contributed by atoms with E-state index in [-0.39, 0.29) is 29.1 Å². The van der Waals surface area contributed by atoms with Crippen molar-refractivity contribution in [2.24, 2.45) is 11.8 Å². The van der Waals surface area contributed by atoms with Crippen LogP contribution in [0.25, 0.3) is 0 Å². The predicted octanol–water partition coefficient (Wildman–Crippen LogP) is 8.40. The normalized spacial score (nSPS) is 14.3. The molecule has 0 aliphatic carbocycles. The van der Waals surface area contributed by atoms with Crippen molar-refractivity contribution in [3.63, 3.8) is 0 Å². The SMILES string of the molecule is CCCCCCCCCCCCCCCCOCC(OC(C)=O)C(O[SiH2]C(C)(C)C(C)C)C(C)C. The minimum Gasteiger partial charge on any atom is -0.457 e. The topological polar surface area (TPSA) is 44.8 Å². The second-order valence-electron chi connectivity index (χ2n) is 12.0. The molecule has 0 saturated carbocycles. The third kappa shape index (κ3) is 19.4. The number of ether oxygens (including phenoxy) is 2. The molecule has 4 nitrogen and oxygen atoms in total. The van der Waals surface area contributed by atoms with Crippen LogP contribution in [0.5, 0.6) is 0 Å². The molecule has 0 aromatic heterocycles. The highest BCUT2D eigenvalue weighted by atomic mass is 28.2. The number of rotatable bonds is 24. The van der Waals surface area contributed by atoms with Gasteiger partial charge in [0.25, 0.3) is 0 Å². The van der Waals surface area contributed by atoms with Crippen LogP contribution < -0.4 is 0 Å². The van der Waals surface area contributed by atoms with Crippen LogP contribution in [-0.2, 0) is 18.7 Å². The summed E-state index contributed by atoms with van der Waals surface area (Å²) in [5.41, 5.74) is 0. The third-order valence-corrected chi connectivity index (χ3v) is 9.59. The van der Waals surface area contributed by atoms with Crippen molar-refractivity contribution in [3.8, 4) is 0 Å². The first-order valence-electron chi connectivity index (χ1n) is 15.0. The summed E-state index contributed by atoms with van der Waals surface area (Å²) in [6, 6.07) is 0. The zero-order valence-electron chi connectivity index (χ0n) is 25.0. The minimum absolute atomic E-state index is 0.0973. The van der Waals surface area contributed by atoms with Crippen LogP contribution in [-0.4, -0.2) is 41.2 Å². The first-order valence-corrected chi connectivity index (χ1v) is 16.3. The summed E-state index contributed by atoms with van der Waals surface area (Å²) in [5, 5.41) is 0.211. The average molecular weight is 515 g/mol. The number of hydrogen-bond acceptors (Lipinski definition) is 4. The molecule has 35 heavy (non-hydrogen) atoms. The summed E-state index contributed by atoms with van der Waals surface area (Å²) in [4.78, 5) is 11.7. The van der Waals surface area contributed by atoms with E-state index in [0.717, 1.165) is 13.0 Å². The molecule has 2 atom stereocenters. The molecule has 0 bridgehead atoms. The van der Waals surface area contributed by atoms with Crippen molar-refractivity contribution in [2.45, 2.75) is 163 Å². The van der Waals surface area contributed by atoms with Crippen molar-refractivity contribution >= 4 is 15.7 Å². The highest BCUT2D eigenvalue weighted by molar-refractivity contribution is 6.32. The fraction of sp³-hybridized carbons (Fsp3) is 0.967. The van der Waals surface area contributed by atoms with Gasteiger partial charge in [-0.1, -0.05) is 132 Å². The van der Waals surface area contributed by atoms with Gasteiger partial charge in [0.15, 0.2) is 9.76 Å². The molecule has 2 unspecified atom stereocenters. The lowest BCUT2D eigenvalue weighted by Crippen LogP contribution is -2.42. The Morgan fingerprint density at radius 1 is 0.771 bits per heavy atom. The molecule has 0 aromatic rings. The first kappa shape index (κ1) is 34.6. The largest absolute Gasteiger partial charge is 0.457 e. The molecule has 0 radical (unpaired) electrons. The van der Waals surface area contributed by atoms with Crippen molar-refractivity contribution in [1.82, 2.24) is 0 Å². The second-order valence-corrected chi connectivity index (χ2v) is 14.4. The van der Waals surface area contributed by atoms with Gasteiger partial charge in [0.05, 0.1) is 12.7 Å². The van der Waals surface area contributed by atoms with Gasteiger partial charge < -0.3 is 13.9 Å². The fourth-order valence-corrected chi connectivity index (χ4v) is 5.77. The maximum absolute atomic E-state index is 11.7. The lowest BCUT2D eigenvalue weighted by molar-refractivity contribution is -0.158. The average Bonchev–Trinajstić information content (AvgIpc) is 2.77. The molecular weight excluding hydrogens is 452 g/mol. The molecule has 0 saturated heterocycles. The summed E-state index contributed by atoms with van der Waals surface area (Å²) in [6.45, 7) is 18.3. The van der Waals surface area contributed by atoms with Crippen molar-refractivity contribution in [3.05, 3.63) is 0 Å². The zero-order chi connectivity index (χ0) is 26.5. The van der Waals surface area contributed by atoms with Crippen molar-refractivity contribution in [1.29, 1.82) is 0 Å². The maximum Gasteiger partial charge on any atom is 0.303 e. The second kappa shape index (κ2) is 21.7.